The number of nitrogens with one attached hydrogen (secondary N) is 1. The molecule has 3 heteroatoms. The highest BCUT2D eigenvalue weighted by atomic mass is 19.1. The van der Waals surface area contributed by atoms with E-state index >= 15 is 0 Å². The highest BCUT2D eigenvalue weighted by Crippen LogP contribution is 2.19. The average Bonchev–Trinajstić information content (AvgIpc) is 2.85. The first-order valence-corrected chi connectivity index (χ1v) is 6.73. The molecule has 20 heavy (non-hydrogen) atoms. The van der Waals surface area contributed by atoms with Gasteiger partial charge in [-0.2, -0.15) is 0 Å². The third-order valence-corrected chi connectivity index (χ3v) is 3.49. The quantitative estimate of drug-likeness (QED) is 0.765. The van der Waals surface area contributed by atoms with Crippen LogP contribution in [0.5, 0.6) is 0 Å². The molecule has 3 rings (SSSR count). The van der Waals surface area contributed by atoms with Crippen molar-refractivity contribution in [2.45, 2.75) is 13.1 Å². The summed E-state index contributed by atoms with van der Waals surface area (Å²) in [5, 5.41) is 4.39. The molecule has 0 unspecified atom stereocenters. The number of fused-ring (bicyclic) bond motifs is 1. The van der Waals surface area contributed by atoms with Gasteiger partial charge < -0.3 is 9.88 Å². The standard InChI is InChI=1S/C17H17FN2/c1-19-11-14-2-5-15-8-9-20(17(15)10-14)12-13-3-6-16(18)7-4-13/h2-10,19H,11-12H2,1H3. The van der Waals surface area contributed by atoms with Crippen LogP contribution in [-0.4, -0.2) is 11.6 Å². The van der Waals surface area contributed by atoms with Gasteiger partial charge in [0.05, 0.1) is 0 Å². The van der Waals surface area contributed by atoms with Crippen LogP contribution >= 0.6 is 0 Å². The Balaban J connectivity index is 1.94. The molecule has 0 spiro atoms. The molecule has 0 amide bonds. The summed E-state index contributed by atoms with van der Waals surface area (Å²) in [6.07, 6.45) is 2.08. The minimum absolute atomic E-state index is 0.192. The van der Waals surface area contributed by atoms with Crippen LogP contribution in [0.25, 0.3) is 10.9 Å². The van der Waals surface area contributed by atoms with Crippen LogP contribution in [0.4, 0.5) is 4.39 Å². The van der Waals surface area contributed by atoms with Crippen molar-refractivity contribution in [2.24, 2.45) is 0 Å². The van der Waals surface area contributed by atoms with Crippen LogP contribution in [0.3, 0.4) is 0 Å². The number of benzene rings is 2. The lowest BCUT2D eigenvalue weighted by molar-refractivity contribution is 0.626. The first kappa shape index (κ1) is 12.9. The van der Waals surface area contributed by atoms with Gasteiger partial charge in [-0.25, -0.2) is 4.39 Å². The lowest BCUT2D eigenvalue weighted by Gasteiger charge is -2.07. The summed E-state index contributed by atoms with van der Waals surface area (Å²) in [7, 11) is 1.95. The smallest absolute Gasteiger partial charge is 0.123 e. The van der Waals surface area contributed by atoms with Gasteiger partial charge in [-0.1, -0.05) is 24.3 Å². The Morgan fingerprint density at radius 1 is 1.00 bits per heavy atom. The summed E-state index contributed by atoms with van der Waals surface area (Å²) in [5.74, 6) is -0.192. The van der Waals surface area contributed by atoms with Crippen molar-refractivity contribution in [3.8, 4) is 0 Å². The zero-order valence-corrected chi connectivity index (χ0v) is 11.4. The molecule has 0 aliphatic carbocycles. The summed E-state index contributed by atoms with van der Waals surface area (Å²) in [4.78, 5) is 0. The van der Waals surface area contributed by atoms with E-state index in [1.165, 1.54) is 28.6 Å². The number of aromatic nitrogens is 1. The molecule has 0 fully saturated rings. The summed E-state index contributed by atoms with van der Waals surface area (Å²) in [5.41, 5.74) is 3.57. The van der Waals surface area contributed by atoms with Crippen LogP contribution in [0.15, 0.2) is 54.7 Å². The number of halogens is 1. The summed E-state index contributed by atoms with van der Waals surface area (Å²) >= 11 is 0. The van der Waals surface area contributed by atoms with E-state index in [0.717, 1.165) is 18.7 Å². The number of hydrogen-bond donors (Lipinski definition) is 1. The van der Waals surface area contributed by atoms with Crippen molar-refractivity contribution >= 4 is 10.9 Å². The van der Waals surface area contributed by atoms with Crippen LogP contribution in [0, 0.1) is 5.82 Å². The predicted molar refractivity (Wildman–Crippen MR) is 80.2 cm³/mol. The molecular weight excluding hydrogens is 251 g/mol. The van der Waals surface area contributed by atoms with Gasteiger partial charge in [0, 0.05) is 24.8 Å². The lowest BCUT2D eigenvalue weighted by atomic mass is 10.1. The Bertz CT molecular complexity index is 713. The molecule has 0 aliphatic heterocycles. The Morgan fingerprint density at radius 2 is 1.75 bits per heavy atom. The minimum Gasteiger partial charge on any atom is -0.343 e. The molecule has 0 aliphatic rings. The Kier molecular flexibility index (Phi) is 3.52. The zero-order chi connectivity index (χ0) is 13.9. The fraction of sp³-hybridized carbons (Fsp3) is 0.176. The normalized spacial score (nSPS) is 11.1. The summed E-state index contributed by atoms with van der Waals surface area (Å²) in [6.45, 7) is 1.62. The number of nitrogens with zero attached hydrogens (tertiary/aromatic N) is 1. The molecule has 2 aromatic carbocycles. The first-order chi connectivity index (χ1) is 9.76. The van der Waals surface area contributed by atoms with Gasteiger partial charge in [0.15, 0.2) is 0 Å². The molecular formula is C17H17FN2. The van der Waals surface area contributed by atoms with E-state index in [0.29, 0.717) is 0 Å². The molecule has 1 heterocycles. The highest BCUT2D eigenvalue weighted by Gasteiger charge is 2.03. The highest BCUT2D eigenvalue weighted by molar-refractivity contribution is 5.80. The van der Waals surface area contributed by atoms with Gasteiger partial charge in [-0.05, 0) is 47.8 Å². The third-order valence-electron chi connectivity index (χ3n) is 3.49. The van der Waals surface area contributed by atoms with Crippen LogP contribution in [-0.2, 0) is 13.1 Å². The molecule has 2 nitrogen and oxygen atoms in total. The maximum absolute atomic E-state index is 12.9. The topological polar surface area (TPSA) is 17.0 Å². The van der Waals surface area contributed by atoms with Gasteiger partial charge in [0.2, 0.25) is 0 Å². The van der Waals surface area contributed by atoms with Crippen LogP contribution < -0.4 is 5.32 Å². The second-order valence-electron chi connectivity index (χ2n) is 4.99. The molecule has 0 atom stereocenters. The SMILES string of the molecule is CNCc1ccc2ccn(Cc3ccc(F)cc3)c2c1. The summed E-state index contributed by atoms with van der Waals surface area (Å²) in [6, 6.07) is 15.3. The largest absolute Gasteiger partial charge is 0.343 e. The zero-order valence-electron chi connectivity index (χ0n) is 11.4. The maximum atomic E-state index is 12.9. The number of hydrogen-bond acceptors (Lipinski definition) is 1. The van der Waals surface area contributed by atoms with Crippen LogP contribution in [0.2, 0.25) is 0 Å². The second-order valence-corrected chi connectivity index (χ2v) is 4.99. The van der Waals surface area contributed by atoms with Crippen molar-refractivity contribution in [3.63, 3.8) is 0 Å². The first-order valence-electron chi connectivity index (χ1n) is 6.73. The van der Waals surface area contributed by atoms with Gasteiger partial charge in [-0.15, -0.1) is 0 Å². The molecule has 0 saturated heterocycles. The van der Waals surface area contributed by atoms with Crippen LogP contribution in [0.1, 0.15) is 11.1 Å². The second kappa shape index (κ2) is 5.47. The van der Waals surface area contributed by atoms with E-state index in [1.807, 2.05) is 19.2 Å². The molecule has 3 aromatic rings. The Morgan fingerprint density at radius 3 is 2.50 bits per heavy atom. The molecule has 0 bridgehead atoms. The molecule has 0 radical (unpaired) electrons. The predicted octanol–water partition coefficient (Wildman–Crippen LogP) is 3.55. The van der Waals surface area contributed by atoms with Gasteiger partial charge in [0.25, 0.3) is 0 Å². The van der Waals surface area contributed by atoms with Gasteiger partial charge in [0.1, 0.15) is 5.82 Å². The van der Waals surface area contributed by atoms with Crippen molar-refractivity contribution in [1.82, 2.24) is 9.88 Å². The minimum atomic E-state index is -0.192. The molecule has 1 N–H and O–H groups in total. The lowest BCUT2D eigenvalue weighted by Crippen LogP contribution is -2.05. The van der Waals surface area contributed by atoms with E-state index in [4.69, 9.17) is 0 Å². The van der Waals surface area contributed by atoms with E-state index in [1.54, 1.807) is 0 Å². The van der Waals surface area contributed by atoms with E-state index in [2.05, 4.69) is 40.3 Å². The number of rotatable bonds is 4. The van der Waals surface area contributed by atoms with Crippen molar-refractivity contribution in [1.29, 1.82) is 0 Å². The van der Waals surface area contributed by atoms with Crippen molar-refractivity contribution < 1.29 is 4.39 Å². The molecule has 0 saturated carbocycles. The average molecular weight is 268 g/mol. The maximum Gasteiger partial charge on any atom is 0.123 e. The van der Waals surface area contributed by atoms with Gasteiger partial charge >= 0.3 is 0 Å². The Labute approximate surface area is 117 Å². The van der Waals surface area contributed by atoms with Crippen molar-refractivity contribution in [2.75, 3.05) is 7.05 Å². The monoisotopic (exact) mass is 268 g/mol. The van der Waals surface area contributed by atoms with Gasteiger partial charge in [-0.3, -0.25) is 0 Å². The molecule has 102 valence electrons. The fourth-order valence-corrected chi connectivity index (χ4v) is 2.47. The van der Waals surface area contributed by atoms with E-state index in [-0.39, 0.29) is 5.82 Å². The third kappa shape index (κ3) is 2.58. The van der Waals surface area contributed by atoms with E-state index < -0.39 is 0 Å². The molecule has 1 aromatic heterocycles. The summed E-state index contributed by atoms with van der Waals surface area (Å²) < 4.78 is 15.1. The Hall–Kier alpha value is -2.13. The van der Waals surface area contributed by atoms with Crippen molar-refractivity contribution in [3.05, 3.63) is 71.7 Å². The van der Waals surface area contributed by atoms with E-state index in [9.17, 15) is 4.39 Å². The fourth-order valence-electron chi connectivity index (χ4n) is 2.47.